The lowest BCUT2D eigenvalue weighted by Crippen LogP contribution is -1.79. The zero-order chi connectivity index (χ0) is 6.24. The lowest BCUT2D eigenvalue weighted by Gasteiger charge is -1.89. The molecule has 0 aromatic rings. The van der Waals surface area contributed by atoms with Gasteiger partial charge in [0.25, 0.3) is 0 Å². The monoisotopic (exact) mass is 127 g/mol. The highest BCUT2D eigenvalue weighted by Crippen LogP contribution is 2.06. The van der Waals surface area contributed by atoms with E-state index in [0.29, 0.717) is 13.0 Å². The van der Waals surface area contributed by atoms with Crippen molar-refractivity contribution < 1.29 is 4.52 Å². The van der Waals surface area contributed by atoms with E-state index in [9.17, 15) is 0 Å². The molecule has 3 heteroatoms. The van der Waals surface area contributed by atoms with Gasteiger partial charge in [-0.15, -0.1) is 6.42 Å². The van der Waals surface area contributed by atoms with Crippen LogP contribution >= 0.6 is 8.81 Å². The summed E-state index contributed by atoms with van der Waals surface area (Å²) in [5, 5.41) is 7.99. The number of hydrogen-bond donors (Lipinski definition) is 0. The summed E-state index contributed by atoms with van der Waals surface area (Å²) in [4.78, 5) is 0. The van der Waals surface area contributed by atoms with E-state index in [1.165, 1.54) is 0 Å². The van der Waals surface area contributed by atoms with Crippen molar-refractivity contribution >= 4 is 8.81 Å². The van der Waals surface area contributed by atoms with E-state index in [-0.39, 0.29) is 8.81 Å². The minimum absolute atomic E-state index is 0.101. The van der Waals surface area contributed by atoms with Crippen LogP contribution in [0, 0.1) is 23.4 Å². The Kier molecular flexibility index (Phi) is 5.99. The lowest BCUT2D eigenvalue weighted by atomic mass is 10.5. The van der Waals surface area contributed by atoms with Crippen LogP contribution in [-0.2, 0) is 4.52 Å². The molecule has 0 saturated heterocycles. The molecule has 0 radical (unpaired) electrons. The molecule has 0 aliphatic heterocycles. The van der Waals surface area contributed by atoms with Crippen molar-refractivity contribution in [1.82, 2.24) is 0 Å². The first-order valence-corrected chi connectivity index (χ1v) is 3.02. The summed E-state index contributed by atoms with van der Waals surface area (Å²) >= 11 is 0. The lowest BCUT2D eigenvalue weighted by molar-refractivity contribution is 0.378. The summed E-state index contributed by atoms with van der Waals surface area (Å²) in [6.45, 7) is 0.457. The zero-order valence-electron chi connectivity index (χ0n) is 4.35. The summed E-state index contributed by atoms with van der Waals surface area (Å²) in [6, 6.07) is 1.94. The summed E-state index contributed by atoms with van der Waals surface area (Å²) in [7, 11) is 0.101. The first-order chi connectivity index (χ1) is 3.91. The molecule has 0 aliphatic rings. The molecule has 1 atom stereocenters. The molecular formula is C5H6NOP. The van der Waals surface area contributed by atoms with Gasteiger partial charge >= 0.3 is 0 Å². The van der Waals surface area contributed by atoms with E-state index in [1.54, 1.807) is 0 Å². The number of nitrogens with zero attached hydrogens (tertiary/aromatic N) is 1. The van der Waals surface area contributed by atoms with Gasteiger partial charge in [-0.3, -0.25) is 0 Å². The molecule has 0 amide bonds. The Balaban J connectivity index is 2.77. The highest BCUT2D eigenvalue weighted by atomic mass is 31.1. The smallest absolute Gasteiger partial charge is 0.0919 e. The Morgan fingerprint density at radius 1 is 1.75 bits per heavy atom. The fourth-order valence-corrected chi connectivity index (χ4v) is 0.477. The van der Waals surface area contributed by atoms with E-state index < -0.39 is 0 Å². The largest absolute Gasteiger partial charge is 0.348 e. The number of nitriles is 1. The van der Waals surface area contributed by atoms with Crippen molar-refractivity contribution in [2.24, 2.45) is 0 Å². The molecule has 0 rings (SSSR count). The van der Waals surface area contributed by atoms with Gasteiger partial charge < -0.3 is 4.52 Å². The van der Waals surface area contributed by atoms with E-state index in [4.69, 9.17) is 16.2 Å². The second kappa shape index (κ2) is 6.44. The molecule has 0 aromatic heterocycles. The second-order valence-electron chi connectivity index (χ2n) is 1.00. The van der Waals surface area contributed by atoms with Gasteiger partial charge in [0.05, 0.1) is 27.9 Å². The molecule has 0 saturated carbocycles. The van der Waals surface area contributed by atoms with Crippen LogP contribution in [0.1, 0.15) is 6.42 Å². The summed E-state index contributed by atoms with van der Waals surface area (Å²) < 4.78 is 4.79. The summed E-state index contributed by atoms with van der Waals surface area (Å²) in [6.07, 6.45) is 5.29. The molecule has 0 aliphatic carbocycles. The van der Waals surface area contributed by atoms with E-state index in [1.807, 2.05) is 6.07 Å². The minimum Gasteiger partial charge on any atom is -0.348 e. The molecule has 0 aromatic carbocycles. The molecule has 42 valence electrons. The maximum Gasteiger partial charge on any atom is 0.0919 e. The Morgan fingerprint density at radius 3 is 3.00 bits per heavy atom. The van der Waals surface area contributed by atoms with Crippen LogP contribution in [0.5, 0.6) is 0 Å². The Morgan fingerprint density at radius 2 is 2.50 bits per heavy atom. The van der Waals surface area contributed by atoms with Gasteiger partial charge in [-0.2, -0.15) is 5.26 Å². The van der Waals surface area contributed by atoms with Gasteiger partial charge in [-0.05, 0) is 0 Å². The van der Waals surface area contributed by atoms with Crippen LogP contribution in [0.3, 0.4) is 0 Å². The number of rotatable bonds is 3. The molecule has 8 heavy (non-hydrogen) atoms. The summed E-state index contributed by atoms with van der Waals surface area (Å²) in [5.74, 6) is 0. The van der Waals surface area contributed by atoms with E-state index >= 15 is 0 Å². The van der Waals surface area contributed by atoms with Crippen molar-refractivity contribution in [2.45, 2.75) is 6.42 Å². The first kappa shape index (κ1) is 7.44. The fraction of sp³-hybridized carbons (Fsp3) is 0.400. The standard InChI is InChI=1S/C5H6NOP/c1-2-8-7-5-3-4-6/h1,8H,3,5H2. The first-order valence-electron chi connectivity index (χ1n) is 2.11. The Labute approximate surface area is 50.7 Å². The van der Waals surface area contributed by atoms with Crippen molar-refractivity contribution in [3.8, 4) is 18.2 Å². The number of hydrogen-bond acceptors (Lipinski definition) is 2. The minimum atomic E-state index is 0.101. The van der Waals surface area contributed by atoms with Gasteiger partial charge in [0.2, 0.25) is 0 Å². The highest BCUT2D eigenvalue weighted by molar-refractivity contribution is 7.38. The topological polar surface area (TPSA) is 33.0 Å². The Hall–Kier alpha value is -0.560. The van der Waals surface area contributed by atoms with Crippen molar-refractivity contribution in [1.29, 1.82) is 5.26 Å². The van der Waals surface area contributed by atoms with Crippen LogP contribution in [0.15, 0.2) is 0 Å². The average molecular weight is 127 g/mol. The maximum absolute atomic E-state index is 7.99. The number of terminal acetylenes is 1. The van der Waals surface area contributed by atoms with Crippen LogP contribution in [0.4, 0.5) is 0 Å². The molecule has 0 spiro atoms. The van der Waals surface area contributed by atoms with Gasteiger partial charge in [0.1, 0.15) is 0 Å². The van der Waals surface area contributed by atoms with Crippen LogP contribution in [0.2, 0.25) is 0 Å². The van der Waals surface area contributed by atoms with Crippen molar-refractivity contribution in [3.63, 3.8) is 0 Å². The quantitative estimate of drug-likeness (QED) is 0.323. The van der Waals surface area contributed by atoms with Gasteiger partial charge in [-0.25, -0.2) is 0 Å². The molecule has 1 unspecified atom stereocenters. The fourth-order valence-electron chi connectivity index (χ4n) is 0.189. The van der Waals surface area contributed by atoms with E-state index in [2.05, 4.69) is 5.66 Å². The van der Waals surface area contributed by atoms with Gasteiger partial charge in [0, 0.05) is 0 Å². The average Bonchev–Trinajstić information content (AvgIpc) is 1.81. The third kappa shape index (κ3) is 5.44. The van der Waals surface area contributed by atoms with Crippen LogP contribution < -0.4 is 0 Å². The Bertz CT molecular complexity index is 105. The van der Waals surface area contributed by atoms with Gasteiger partial charge in [0.15, 0.2) is 0 Å². The predicted octanol–water partition coefficient (Wildman–Crippen LogP) is 1.10. The molecule has 0 heterocycles. The molecule has 0 fully saturated rings. The third-order valence-electron chi connectivity index (χ3n) is 0.447. The van der Waals surface area contributed by atoms with Crippen LogP contribution in [-0.4, -0.2) is 6.61 Å². The van der Waals surface area contributed by atoms with Gasteiger partial charge in [-0.1, -0.05) is 5.66 Å². The van der Waals surface area contributed by atoms with E-state index in [0.717, 1.165) is 0 Å². The highest BCUT2D eigenvalue weighted by Gasteiger charge is 1.80. The molecule has 0 bridgehead atoms. The molecular weight excluding hydrogens is 121 g/mol. The SMILES string of the molecule is C#CPOCCC#N. The summed E-state index contributed by atoms with van der Waals surface area (Å²) in [5.41, 5.74) is 2.32. The maximum atomic E-state index is 7.99. The predicted molar refractivity (Wildman–Crippen MR) is 33.3 cm³/mol. The third-order valence-corrected chi connectivity index (χ3v) is 0.913. The second-order valence-corrected chi connectivity index (χ2v) is 1.78. The zero-order valence-corrected chi connectivity index (χ0v) is 5.35. The molecule has 0 N–H and O–H groups in total. The molecule has 2 nitrogen and oxygen atoms in total. The van der Waals surface area contributed by atoms with Crippen molar-refractivity contribution in [2.75, 3.05) is 6.61 Å². The van der Waals surface area contributed by atoms with Crippen molar-refractivity contribution in [3.05, 3.63) is 0 Å². The van der Waals surface area contributed by atoms with Crippen LogP contribution in [0.25, 0.3) is 0 Å². The normalized spacial score (nSPS) is 8.75.